The quantitative estimate of drug-likeness (QED) is 0.732. The molecule has 126 valence electrons. The van der Waals surface area contributed by atoms with Crippen molar-refractivity contribution in [3.63, 3.8) is 0 Å². The van der Waals surface area contributed by atoms with Crippen LogP contribution in [0.4, 0.5) is 0 Å². The maximum absolute atomic E-state index is 5.77. The van der Waals surface area contributed by atoms with Crippen molar-refractivity contribution >= 4 is 11.8 Å². The van der Waals surface area contributed by atoms with E-state index in [2.05, 4.69) is 31.4 Å². The van der Waals surface area contributed by atoms with Gasteiger partial charge in [0.05, 0.1) is 25.4 Å². The molecule has 1 saturated heterocycles. The summed E-state index contributed by atoms with van der Waals surface area (Å²) in [6, 6.07) is 0. The van der Waals surface area contributed by atoms with E-state index >= 15 is 0 Å². The minimum atomic E-state index is 0.291. The second kappa shape index (κ2) is 7.94. The molecule has 7 nitrogen and oxygen atoms in total. The van der Waals surface area contributed by atoms with Gasteiger partial charge in [-0.2, -0.15) is 5.10 Å². The molecule has 3 heterocycles. The van der Waals surface area contributed by atoms with Crippen LogP contribution in [0.15, 0.2) is 17.6 Å². The van der Waals surface area contributed by atoms with Crippen LogP contribution in [-0.4, -0.2) is 50.1 Å². The van der Waals surface area contributed by atoms with Gasteiger partial charge in [-0.3, -0.25) is 4.68 Å². The van der Waals surface area contributed by atoms with Crippen LogP contribution >= 0.6 is 11.8 Å². The van der Waals surface area contributed by atoms with Crippen LogP contribution in [0, 0.1) is 0 Å². The van der Waals surface area contributed by atoms with E-state index in [1.165, 1.54) is 5.56 Å². The SMILES string of the molecule is CNCc1nnc(SCCc2cnn(C)c2)n1C[C@@H]1CCCO1. The monoisotopic (exact) mass is 336 g/mol. The molecule has 0 radical (unpaired) electrons. The van der Waals surface area contributed by atoms with Gasteiger partial charge in [0.25, 0.3) is 0 Å². The first-order valence-corrected chi connectivity index (χ1v) is 9.03. The Morgan fingerprint density at radius 3 is 3.04 bits per heavy atom. The largest absolute Gasteiger partial charge is 0.376 e. The summed E-state index contributed by atoms with van der Waals surface area (Å²) < 4.78 is 9.82. The number of rotatable bonds is 8. The highest BCUT2D eigenvalue weighted by atomic mass is 32.2. The van der Waals surface area contributed by atoms with Gasteiger partial charge in [0, 0.05) is 25.6 Å². The van der Waals surface area contributed by atoms with Crippen molar-refractivity contribution in [1.29, 1.82) is 0 Å². The first kappa shape index (κ1) is 16.5. The maximum Gasteiger partial charge on any atom is 0.191 e. The maximum atomic E-state index is 5.77. The van der Waals surface area contributed by atoms with Crippen molar-refractivity contribution in [3.8, 4) is 0 Å². The molecule has 0 amide bonds. The highest BCUT2D eigenvalue weighted by Gasteiger charge is 2.20. The molecule has 1 aliphatic heterocycles. The van der Waals surface area contributed by atoms with Gasteiger partial charge in [0.15, 0.2) is 5.16 Å². The lowest BCUT2D eigenvalue weighted by Crippen LogP contribution is -2.20. The summed E-state index contributed by atoms with van der Waals surface area (Å²) in [4.78, 5) is 0. The van der Waals surface area contributed by atoms with E-state index in [1.807, 2.05) is 25.0 Å². The lowest BCUT2D eigenvalue weighted by molar-refractivity contribution is 0.0941. The molecular weight excluding hydrogens is 312 g/mol. The van der Waals surface area contributed by atoms with Crippen molar-refractivity contribution in [2.24, 2.45) is 7.05 Å². The fraction of sp³-hybridized carbons (Fsp3) is 0.667. The summed E-state index contributed by atoms with van der Waals surface area (Å²) in [6.07, 6.45) is 7.52. The normalized spacial score (nSPS) is 17.9. The number of nitrogens with zero attached hydrogens (tertiary/aromatic N) is 5. The molecule has 0 aliphatic carbocycles. The molecular formula is C15H24N6OS. The number of hydrogen-bond donors (Lipinski definition) is 1. The van der Waals surface area contributed by atoms with Gasteiger partial charge in [-0.25, -0.2) is 0 Å². The van der Waals surface area contributed by atoms with Crippen molar-refractivity contribution in [2.45, 2.75) is 43.6 Å². The minimum absolute atomic E-state index is 0.291. The van der Waals surface area contributed by atoms with Gasteiger partial charge in [-0.1, -0.05) is 11.8 Å². The molecule has 0 spiro atoms. The van der Waals surface area contributed by atoms with Gasteiger partial charge in [-0.15, -0.1) is 10.2 Å². The molecule has 8 heteroatoms. The third kappa shape index (κ3) is 4.33. The average molecular weight is 336 g/mol. The Balaban J connectivity index is 1.62. The molecule has 0 aromatic carbocycles. The predicted molar refractivity (Wildman–Crippen MR) is 89.4 cm³/mol. The van der Waals surface area contributed by atoms with Crippen LogP contribution in [0.5, 0.6) is 0 Å². The Hall–Kier alpha value is -1.38. The summed E-state index contributed by atoms with van der Waals surface area (Å²) in [5.74, 6) is 1.95. The van der Waals surface area contributed by atoms with Gasteiger partial charge in [-0.05, 0) is 31.9 Å². The fourth-order valence-corrected chi connectivity index (χ4v) is 3.71. The molecule has 1 fully saturated rings. The lowest BCUT2D eigenvalue weighted by Gasteiger charge is -2.14. The molecule has 1 atom stereocenters. The van der Waals surface area contributed by atoms with Gasteiger partial charge >= 0.3 is 0 Å². The summed E-state index contributed by atoms with van der Waals surface area (Å²) in [5, 5.41) is 17.1. The molecule has 0 saturated carbocycles. The number of aryl methyl sites for hydroxylation is 2. The molecule has 23 heavy (non-hydrogen) atoms. The molecule has 2 aromatic rings. The Labute approximate surface area is 140 Å². The zero-order chi connectivity index (χ0) is 16.1. The topological polar surface area (TPSA) is 69.8 Å². The summed E-state index contributed by atoms with van der Waals surface area (Å²) in [6.45, 7) is 2.44. The Morgan fingerprint density at radius 2 is 2.35 bits per heavy atom. The third-order valence-corrected chi connectivity index (χ3v) is 4.89. The molecule has 0 unspecified atom stereocenters. The van der Waals surface area contributed by atoms with Crippen molar-refractivity contribution in [1.82, 2.24) is 29.9 Å². The molecule has 1 aliphatic rings. The van der Waals surface area contributed by atoms with E-state index in [-0.39, 0.29) is 0 Å². The third-order valence-electron chi connectivity index (χ3n) is 3.92. The second-order valence-corrected chi connectivity index (χ2v) is 6.86. The highest BCUT2D eigenvalue weighted by molar-refractivity contribution is 7.99. The minimum Gasteiger partial charge on any atom is -0.376 e. The van der Waals surface area contributed by atoms with Crippen molar-refractivity contribution < 1.29 is 4.74 Å². The van der Waals surface area contributed by atoms with Crippen LogP contribution in [0.3, 0.4) is 0 Å². The number of aromatic nitrogens is 5. The van der Waals surface area contributed by atoms with E-state index in [0.717, 1.165) is 55.7 Å². The number of thioether (sulfide) groups is 1. The van der Waals surface area contributed by atoms with Gasteiger partial charge < -0.3 is 14.6 Å². The van der Waals surface area contributed by atoms with E-state index in [9.17, 15) is 0 Å². The number of nitrogens with one attached hydrogen (secondary N) is 1. The first-order valence-electron chi connectivity index (χ1n) is 8.05. The van der Waals surface area contributed by atoms with Crippen LogP contribution < -0.4 is 5.32 Å². The van der Waals surface area contributed by atoms with Crippen molar-refractivity contribution in [2.75, 3.05) is 19.4 Å². The second-order valence-electron chi connectivity index (χ2n) is 5.80. The molecule has 1 N–H and O–H groups in total. The molecule has 0 bridgehead atoms. The molecule has 2 aromatic heterocycles. The van der Waals surface area contributed by atoms with Gasteiger partial charge in [0.1, 0.15) is 5.82 Å². The van der Waals surface area contributed by atoms with Crippen LogP contribution in [-0.2, 0) is 31.3 Å². The number of ether oxygens (including phenoxy) is 1. The van der Waals surface area contributed by atoms with Crippen LogP contribution in [0.1, 0.15) is 24.2 Å². The van der Waals surface area contributed by atoms with Crippen LogP contribution in [0.25, 0.3) is 0 Å². The summed E-state index contributed by atoms with van der Waals surface area (Å²) >= 11 is 1.75. The smallest absolute Gasteiger partial charge is 0.191 e. The highest BCUT2D eigenvalue weighted by Crippen LogP contribution is 2.22. The fourth-order valence-electron chi connectivity index (χ4n) is 2.75. The molecule has 3 rings (SSSR count). The van der Waals surface area contributed by atoms with E-state index < -0.39 is 0 Å². The van der Waals surface area contributed by atoms with E-state index in [4.69, 9.17) is 4.74 Å². The van der Waals surface area contributed by atoms with Crippen molar-refractivity contribution in [3.05, 3.63) is 23.8 Å². The summed E-state index contributed by atoms with van der Waals surface area (Å²) in [5.41, 5.74) is 1.25. The predicted octanol–water partition coefficient (Wildman–Crippen LogP) is 1.24. The zero-order valence-corrected chi connectivity index (χ0v) is 14.6. The van der Waals surface area contributed by atoms with E-state index in [1.54, 1.807) is 11.8 Å². The average Bonchev–Trinajstić information content (AvgIpc) is 3.25. The Bertz CT molecular complexity index is 619. The van der Waals surface area contributed by atoms with Crippen LogP contribution in [0.2, 0.25) is 0 Å². The Kier molecular flexibility index (Phi) is 5.69. The first-order chi connectivity index (χ1) is 11.3. The standard InChI is InChI=1S/C15H24N6OS/c1-16-9-14-18-19-15(21(14)11-13-4-3-6-22-13)23-7-5-12-8-17-20(2)10-12/h8,10,13,16H,3-7,9,11H2,1-2H3/t13-/m0/s1. The summed E-state index contributed by atoms with van der Waals surface area (Å²) in [7, 11) is 3.87. The lowest BCUT2D eigenvalue weighted by atomic mass is 10.2. The van der Waals surface area contributed by atoms with E-state index in [0.29, 0.717) is 6.10 Å². The number of hydrogen-bond acceptors (Lipinski definition) is 6. The zero-order valence-electron chi connectivity index (χ0n) is 13.7. The Morgan fingerprint density at radius 1 is 1.43 bits per heavy atom. The van der Waals surface area contributed by atoms with Gasteiger partial charge in [0.2, 0.25) is 0 Å².